The summed E-state index contributed by atoms with van der Waals surface area (Å²) in [6.45, 7) is 5.24. The summed E-state index contributed by atoms with van der Waals surface area (Å²) in [6.07, 6.45) is 1.01. The molecule has 0 saturated heterocycles. The van der Waals surface area contributed by atoms with Crippen molar-refractivity contribution >= 4 is 22.4 Å². The molecule has 1 unspecified atom stereocenters. The lowest BCUT2D eigenvalue weighted by Gasteiger charge is -2.11. The third kappa shape index (κ3) is 5.42. The van der Waals surface area contributed by atoms with Crippen molar-refractivity contribution in [2.75, 3.05) is 29.9 Å². The zero-order chi connectivity index (χ0) is 14.1. The van der Waals surface area contributed by atoms with E-state index in [0.29, 0.717) is 23.6 Å². The van der Waals surface area contributed by atoms with E-state index >= 15 is 0 Å². The van der Waals surface area contributed by atoms with Gasteiger partial charge in [-0.2, -0.15) is 0 Å². The maximum absolute atomic E-state index is 12.0. The monoisotopic (exact) mass is 282 g/mol. The Hall–Kier alpha value is -1.36. The molecule has 0 aliphatic carbocycles. The van der Waals surface area contributed by atoms with Crippen LogP contribution in [0.2, 0.25) is 0 Å². The second-order valence-corrected chi connectivity index (χ2v) is 6.03. The lowest BCUT2D eigenvalue weighted by atomic mass is 10.1. The first-order chi connectivity index (χ1) is 9.19. The molecule has 1 aromatic carbocycles. The van der Waals surface area contributed by atoms with Crippen LogP contribution in [0, 0.1) is 0 Å². The van der Waals surface area contributed by atoms with E-state index in [4.69, 9.17) is 0 Å². The Morgan fingerprint density at radius 3 is 2.63 bits per heavy atom. The van der Waals surface area contributed by atoms with Crippen LogP contribution in [-0.2, 0) is 10.8 Å². The van der Waals surface area contributed by atoms with Crippen LogP contribution in [0.3, 0.4) is 0 Å². The van der Waals surface area contributed by atoms with Crippen LogP contribution < -0.4 is 10.6 Å². The van der Waals surface area contributed by atoms with E-state index in [9.17, 15) is 9.00 Å². The van der Waals surface area contributed by atoms with Crippen molar-refractivity contribution in [3.05, 3.63) is 29.8 Å². The fourth-order valence-corrected chi connectivity index (χ4v) is 2.23. The van der Waals surface area contributed by atoms with E-state index in [-0.39, 0.29) is 5.91 Å². The summed E-state index contributed by atoms with van der Waals surface area (Å²) in [5, 5.41) is 6.04. The molecule has 106 valence electrons. The van der Waals surface area contributed by atoms with Crippen molar-refractivity contribution in [3.8, 4) is 0 Å². The summed E-state index contributed by atoms with van der Waals surface area (Å²) in [7, 11) is -0.840. The number of hydrogen-bond donors (Lipinski definition) is 2. The molecule has 0 heterocycles. The van der Waals surface area contributed by atoms with Gasteiger partial charge in [0.1, 0.15) is 0 Å². The minimum absolute atomic E-state index is 0.118. The minimum atomic E-state index is -0.840. The van der Waals surface area contributed by atoms with Crippen LogP contribution in [0.4, 0.5) is 5.69 Å². The molecule has 0 aliphatic heterocycles. The Balaban J connectivity index is 2.58. The molecule has 0 radical (unpaired) electrons. The van der Waals surface area contributed by atoms with Crippen LogP contribution >= 0.6 is 0 Å². The van der Waals surface area contributed by atoms with E-state index in [2.05, 4.69) is 17.6 Å². The van der Waals surface area contributed by atoms with Crippen LogP contribution in [-0.4, -0.2) is 34.7 Å². The van der Waals surface area contributed by atoms with Gasteiger partial charge >= 0.3 is 0 Å². The Bertz CT molecular complexity index is 435. The van der Waals surface area contributed by atoms with Crippen molar-refractivity contribution in [3.63, 3.8) is 0 Å². The number of carbonyl (C=O) groups excluding carboxylic acids is 1. The Labute approximate surface area is 117 Å². The second-order valence-electron chi connectivity index (χ2n) is 4.16. The van der Waals surface area contributed by atoms with Crippen molar-refractivity contribution in [1.82, 2.24) is 5.32 Å². The number of para-hydroxylation sites is 1. The molecule has 0 spiro atoms. The highest BCUT2D eigenvalue weighted by Gasteiger charge is 2.10. The van der Waals surface area contributed by atoms with Crippen LogP contribution in [0.1, 0.15) is 30.6 Å². The number of hydrogen-bond acceptors (Lipinski definition) is 3. The van der Waals surface area contributed by atoms with Crippen LogP contribution in [0.15, 0.2) is 24.3 Å². The molecule has 2 N–H and O–H groups in total. The molecule has 0 saturated carbocycles. The number of carbonyl (C=O) groups is 1. The van der Waals surface area contributed by atoms with Gasteiger partial charge in [-0.15, -0.1) is 0 Å². The van der Waals surface area contributed by atoms with Crippen molar-refractivity contribution in [2.45, 2.75) is 20.3 Å². The highest BCUT2D eigenvalue weighted by molar-refractivity contribution is 7.84. The summed E-state index contributed by atoms with van der Waals surface area (Å²) in [4.78, 5) is 12.0. The first-order valence-electron chi connectivity index (χ1n) is 6.65. The summed E-state index contributed by atoms with van der Waals surface area (Å²) >= 11 is 0. The Kier molecular flexibility index (Phi) is 7.18. The molecule has 5 heteroatoms. The lowest BCUT2D eigenvalue weighted by molar-refractivity contribution is 0.0957. The van der Waals surface area contributed by atoms with E-state index in [1.165, 1.54) is 0 Å². The van der Waals surface area contributed by atoms with Crippen LogP contribution in [0.5, 0.6) is 0 Å². The average Bonchev–Trinajstić information content (AvgIpc) is 2.45. The highest BCUT2D eigenvalue weighted by atomic mass is 32.2. The number of amides is 1. The number of anilines is 1. The van der Waals surface area contributed by atoms with Crippen molar-refractivity contribution < 1.29 is 9.00 Å². The zero-order valence-corrected chi connectivity index (χ0v) is 12.4. The van der Waals surface area contributed by atoms with E-state index in [1.807, 2.05) is 25.1 Å². The summed E-state index contributed by atoms with van der Waals surface area (Å²) in [5.74, 6) is 1.02. The molecule has 0 aliphatic rings. The second kappa shape index (κ2) is 8.69. The SMILES string of the molecule is CCCNc1ccccc1C(=O)NCCS(=O)CC. The molecule has 1 aromatic rings. The molecule has 1 atom stereocenters. The normalized spacial score (nSPS) is 11.9. The van der Waals surface area contributed by atoms with Gasteiger partial charge in [-0.3, -0.25) is 9.00 Å². The van der Waals surface area contributed by atoms with Crippen molar-refractivity contribution in [2.24, 2.45) is 0 Å². The number of rotatable bonds is 8. The molecule has 0 aromatic heterocycles. The summed E-state index contributed by atoms with van der Waals surface area (Å²) in [5.41, 5.74) is 1.48. The zero-order valence-electron chi connectivity index (χ0n) is 11.6. The maximum atomic E-state index is 12.0. The smallest absolute Gasteiger partial charge is 0.253 e. The number of nitrogens with one attached hydrogen (secondary N) is 2. The van der Waals surface area contributed by atoms with Gasteiger partial charge < -0.3 is 10.6 Å². The molecular weight excluding hydrogens is 260 g/mol. The fourth-order valence-electron chi connectivity index (χ4n) is 1.61. The number of benzene rings is 1. The highest BCUT2D eigenvalue weighted by Crippen LogP contribution is 2.14. The van der Waals surface area contributed by atoms with Gasteiger partial charge in [-0.25, -0.2) is 0 Å². The van der Waals surface area contributed by atoms with Gasteiger partial charge in [0.25, 0.3) is 5.91 Å². The first-order valence-corrected chi connectivity index (χ1v) is 8.13. The van der Waals surface area contributed by atoms with Gasteiger partial charge in [-0.05, 0) is 18.6 Å². The van der Waals surface area contributed by atoms with Gasteiger partial charge in [0, 0.05) is 41.1 Å². The van der Waals surface area contributed by atoms with Gasteiger partial charge in [0.15, 0.2) is 0 Å². The average molecular weight is 282 g/mol. The molecule has 1 amide bonds. The van der Waals surface area contributed by atoms with Gasteiger partial charge in [0.05, 0.1) is 5.56 Å². The lowest BCUT2D eigenvalue weighted by Crippen LogP contribution is -2.28. The molecule has 0 bridgehead atoms. The molecule has 1 rings (SSSR count). The Morgan fingerprint density at radius 1 is 1.21 bits per heavy atom. The molecule has 4 nitrogen and oxygen atoms in total. The predicted octanol–water partition coefficient (Wildman–Crippen LogP) is 2.01. The third-order valence-corrected chi connectivity index (χ3v) is 3.98. The first kappa shape index (κ1) is 15.7. The minimum Gasteiger partial charge on any atom is -0.384 e. The molecule has 19 heavy (non-hydrogen) atoms. The predicted molar refractivity (Wildman–Crippen MR) is 81.1 cm³/mol. The van der Waals surface area contributed by atoms with E-state index in [0.717, 1.165) is 18.7 Å². The maximum Gasteiger partial charge on any atom is 0.253 e. The summed E-state index contributed by atoms with van der Waals surface area (Å²) < 4.78 is 11.3. The largest absolute Gasteiger partial charge is 0.384 e. The topological polar surface area (TPSA) is 58.2 Å². The molecular formula is C14H22N2O2S. The summed E-state index contributed by atoms with van der Waals surface area (Å²) in [6, 6.07) is 7.44. The van der Waals surface area contributed by atoms with E-state index in [1.54, 1.807) is 6.07 Å². The van der Waals surface area contributed by atoms with E-state index < -0.39 is 10.8 Å². The fraction of sp³-hybridized carbons (Fsp3) is 0.500. The Morgan fingerprint density at radius 2 is 1.95 bits per heavy atom. The standard InChI is InChI=1S/C14H22N2O2S/c1-3-9-15-13-8-6-5-7-12(13)14(17)16-10-11-19(18)4-2/h5-8,15H,3-4,9-11H2,1-2H3,(H,16,17). The molecule has 0 fully saturated rings. The van der Waals surface area contributed by atoms with Gasteiger partial charge in [0.2, 0.25) is 0 Å². The van der Waals surface area contributed by atoms with Crippen molar-refractivity contribution in [1.29, 1.82) is 0 Å². The van der Waals surface area contributed by atoms with Gasteiger partial charge in [-0.1, -0.05) is 26.0 Å². The van der Waals surface area contributed by atoms with Crippen LogP contribution in [0.25, 0.3) is 0 Å². The third-order valence-electron chi connectivity index (χ3n) is 2.67. The quantitative estimate of drug-likeness (QED) is 0.767.